The van der Waals surface area contributed by atoms with E-state index in [2.05, 4.69) is 17.4 Å². The molecule has 0 saturated carbocycles. The third-order valence-electron chi connectivity index (χ3n) is 2.98. The summed E-state index contributed by atoms with van der Waals surface area (Å²) in [6.45, 7) is 1.85. The molecule has 0 bridgehead atoms. The van der Waals surface area contributed by atoms with Crippen molar-refractivity contribution >= 4 is 5.91 Å². The third kappa shape index (κ3) is 2.42. The number of benzene rings is 1. The smallest absolute Gasteiger partial charge is 0.222 e. The number of amides is 1. The van der Waals surface area contributed by atoms with E-state index in [9.17, 15) is 4.79 Å². The van der Waals surface area contributed by atoms with Gasteiger partial charge < -0.3 is 11.1 Å². The number of nitrogens with one attached hydrogen (secondary N) is 1. The number of aryl methyl sites for hydroxylation is 1. The fourth-order valence-corrected chi connectivity index (χ4v) is 2.25. The molecular weight excluding hydrogens is 200 g/mol. The van der Waals surface area contributed by atoms with Gasteiger partial charge >= 0.3 is 0 Å². The van der Waals surface area contributed by atoms with Crippen LogP contribution in [0.3, 0.4) is 0 Å². The normalized spacial score (nSPS) is 20.2. The van der Waals surface area contributed by atoms with Gasteiger partial charge in [0.1, 0.15) is 0 Å². The van der Waals surface area contributed by atoms with Gasteiger partial charge in [0.05, 0.1) is 6.04 Å². The number of fused-ring (bicyclic) bond motifs is 1. The Morgan fingerprint density at radius 1 is 1.56 bits per heavy atom. The summed E-state index contributed by atoms with van der Waals surface area (Å²) in [5, 5.41) is 3.05. The predicted octanol–water partition coefficient (Wildman–Crippen LogP) is 1.53. The molecule has 1 aromatic rings. The topological polar surface area (TPSA) is 55.1 Å². The molecule has 86 valence electrons. The van der Waals surface area contributed by atoms with Crippen LogP contribution in [0, 0.1) is 0 Å². The standard InChI is InChI=1S/C13H18N2O/c1-9(14)8-13(16)15-12-7-6-10-4-2-3-5-11(10)12/h2-5,9,12H,6-8,14H2,1H3,(H,15,16). The van der Waals surface area contributed by atoms with Crippen LogP contribution in [-0.2, 0) is 11.2 Å². The third-order valence-corrected chi connectivity index (χ3v) is 2.98. The molecule has 0 spiro atoms. The molecule has 3 nitrogen and oxygen atoms in total. The monoisotopic (exact) mass is 218 g/mol. The second-order valence-corrected chi connectivity index (χ2v) is 4.54. The van der Waals surface area contributed by atoms with Crippen molar-refractivity contribution in [2.75, 3.05) is 0 Å². The molecular formula is C13H18N2O. The Balaban J connectivity index is 2.00. The van der Waals surface area contributed by atoms with E-state index >= 15 is 0 Å². The molecule has 16 heavy (non-hydrogen) atoms. The number of carbonyl (C=O) groups excluding carboxylic acids is 1. The van der Waals surface area contributed by atoms with Gasteiger partial charge in [-0.3, -0.25) is 4.79 Å². The highest BCUT2D eigenvalue weighted by Gasteiger charge is 2.23. The van der Waals surface area contributed by atoms with E-state index < -0.39 is 0 Å². The summed E-state index contributed by atoms with van der Waals surface area (Å²) in [4.78, 5) is 11.6. The first-order valence-electron chi connectivity index (χ1n) is 5.79. The quantitative estimate of drug-likeness (QED) is 0.808. The molecule has 1 amide bonds. The molecule has 0 saturated heterocycles. The van der Waals surface area contributed by atoms with Crippen molar-refractivity contribution in [1.29, 1.82) is 0 Å². The molecule has 1 aliphatic rings. The van der Waals surface area contributed by atoms with E-state index in [1.165, 1.54) is 11.1 Å². The molecule has 0 radical (unpaired) electrons. The van der Waals surface area contributed by atoms with Gasteiger partial charge in [0.25, 0.3) is 0 Å². The molecule has 1 aliphatic carbocycles. The summed E-state index contributed by atoms with van der Waals surface area (Å²) in [7, 11) is 0. The van der Waals surface area contributed by atoms with Crippen molar-refractivity contribution < 1.29 is 4.79 Å². The zero-order valence-corrected chi connectivity index (χ0v) is 9.57. The lowest BCUT2D eigenvalue weighted by Crippen LogP contribution is -2.32. The highest BCUT2D eigenvalue weighted by atomic mass is 16.1. The van der Waals surface area contributed by atoms with Crippen LogP contribution in [-0.4, -0.2) is 11.9 Å². The van der Waals surface area contributed by atoms with Crippen molar-refractivity contribution in [2.45, 2.75) is 38.3 Å². The van der Waals surface area contributed by atoms with E-state index in [0.29, 0.717) is 6.42 Å². The first kappa shape index (κ1) is 11.1. The second kappa shape index (κ2) is 4.66. The van der Waals surface area contributed by atoms with E-state index in [0.717, 1.165) is 12.8 Å². The van der Waals surface area contributed by atoms with Crippen LogP contribution < -0.4 is 11.1 Å². The maximum atomic E-state index is 11.6. The van der Waals surface area contributed by atoms with E-state index in [1.807, 2.05) is 19.1 Å². The second-order valence-electron chi connectivity index (χ2n) is 4.54. The average Bonchev–Trinajstić information content (AvgIpc) is 2.61. The Hall–Kier alpha value is -1.35. The molecule has 2 unspecified atom stereocenters. The van der Waals surface area contributed by atoms with Crippen LogP contribution in [0.4, 0.5) is 0 Å². The summed E-state index contributed by atoms with van der Waals surface area (Å²) in [6, 6.07) is 8.41. The summed E-state index contributed by atoms with van der Waals surface area (Å²) in [6.07, 6.45) is 2.46. The minimum absolute atomic E-state index is 0.0525. The summed E-state index contributed by atoms with van der Waals surface area (Å²) in [5.74, 6) is 0.0525. The number of nitrogens with two attached hydrogens (primary N) is 1. The van der Waals surface area contributed by atoms with Gasteiger partial charge in [-0.2, -0.15) is 0 Å². The number of hydrogen-bond donors (Lipinski definition) is 2. The van der Waals surface area contributed by atoms with Gasteiger partial charge in [-0.25, -0.2) is 0 Å². The first-order chi connectivity index (χ1) is 7.66. The van der Waals surface area contributed by atoms with Crippen LogP contribution in [0.2, 0.25) is 0 Å². The summed E-state index contributed by atoms with van der Waals surface area (Å²) < 4.78 is 0. The number of rotatable bonds is 3. The number of carbonyl (C=O) groups is 1. The molecule has 3 heteroatoms. The molecule has 3 N–H and O–H groups in total. The van der Waals surface area contributed by atoms with Gasteiger partial charge in [-0.05, 0) is 30.9 Å². The van der Waals surface area contributed by atoms with E-state index in [-0.39, 0.29) is 18.0 Å². The Morgan fingerprint density at radius 3 is 3.06 bits per heavy atom. The van der Waals surface area contributed by atoms with Crippen LogP contribution >= 0.6 is 0 Å². The Labute approximate surface area is 96.0 Å². The number of hydrogen-bond acceptors (Lipinski definition) is 2. The molecule has 0 fully saturated rings. The minimum atomic E-state index is -0.0725. The molecule has 2 atom stereocenters. The van der Waals surface area contributed by atoms with Crippen molar-refractivity contribution in [2.24, 2.45) is 5.73 Å². The van der Waals surface area contributed by atoms with Gasteiger partial charge in [-0.1, -0.05) is 24.3 Å². The van der Waals surface area contributed by atoms with Gasteiger partial charge in [0, 0.05) is 12.5 Å². The molecule has 1 aromatic carbocycles. The largest absolute Gasteiger partial charge is 0.349 e. The van der Waals surface area contributed by atoms with E-state index in [4.69, 9.17) is 5.73 Å². The summed E-state index contributed by atoms with van der Waals surface area (Å²) >= 11 is 0. The van der Waals surface area contributed by atoms with Gasteiger partial charge in [-0.15, -0.1) is 0 Å². The maximum absolute atomic E-state index is 11.6. The highest BCUT2D eigenvalue weighted by molar-refractivity contribution is 5.77. The maximum Gasteiger partial charge on any atom is 0.222 e. The SMILES string of the molecule is CC(N)CC(=O)NC1CCc2ccccc21. The lowest BCUT2D eigenvalue weighted by Gasteiger charge is -2.14. The Kier molecular flexibility index (Phi) is 3.25. The molecule has 0 heterocycles. The fraction of sp³-hybridized carbons (Fsp3) is 0.462. The van der Waals surface area contributed by atoms with E-state index in [1.54, 1.807) is 0 Å². The van der Waals surface area contributed by atoms with Crippen LogP contribution in [0.5, 0.6) is 0 Å². The molecule has 0 aliphatic heterocycles. The van der Waals surface area contributed by atoms with Gasteiger partial charge in [0.15, 0.2) is 0 Å². The fourth-order valence-electron chi connectivity index (χ4n) is 2.25. The predicted molar refractivity (Wildman–Crippen MR) is 63.9 cm³/mol. The van der Waals surface area contributed by atoms with Crippen LogP contribution in [0.15, 0.2) is 24.3 Å². The lowest BCUT2D eigenvalue weighted by molar-refractivity contribution is -0.122. The Bertz CT molecular complexity index is 387. The highest BCUT2D eigenvalue weighted by Crippen LogP contribution is 2.30. The van der Waals surface area contributed by atoms with Crippen LogP contribution in [0.25, 0.3) is 0 Å². The zero-order valence-electron chi connectivity index (χ0n) is 9.57. The van der Waals surface area contributed by atoms with Crippen molar-refractivity contribution in [1.82, 2.24) is 5.32 Å². The van der Waals surface area contributed by atoms with Crippen molar-refractivity contribution in [3.63, 3.8) is 0 Å². The first-order valence-corrected chi connectivity index (χ1v) is 5.79. The lowest BCUT2D eigenvalue weighted by atomic mass is 10.1. The minimum Gasteiger partial charge on any atom is -0.349 e. The van der Waals surface area contributed by atoms with Crippen LogP contribution in [0.1, 0.15) is 36.9 Å². The van der Waals surface area contributed by atoms with Crippen molar-refractivity contribution in [3.8, 4) is 0 Å². The van der Waals surface area contributed by atoms with Crippen molar-refractivity contribution in [3.05, 3.63) is 35.4 Å². The van der Waals surface area contributed by atoms with Gasteiger partial charge in [0.2, 0.25) is 5.91 Å². The molecule has 0 aromatic heterocycles. The average molecular weight is 218 g/mol. The Morgan fingerprint density at radius 2 is 2.31 bits per heavy atom. The summed E-state index contributed by atoms with van der Waals surface area (Å²) in [5.41, 5.74) is 8.22. The zero-order chi connectivity index (χ0) is 11.5. The molecule has 2 rings (SSSR count).